The number of carbonyl (C=O) groups excluding carboxylic acids is 2. The molecule has 0 spiro atoms. The molecule has 206 valence electrons. The van der Waals surface area contributed by atoms with E-state index in [4.69, 9.17) is 14.3 Å². The topological polar surface area (TPSA) is 154 Å². The molecule has 12 nitrogen and oxygen atoms in total. The summed E-state index contributed by atoms with van der Waals surface area (Å²) in [6.07, 6.45) is -0.679. The lowest BCUT2D eigenvalue weighted by Gasteiger charge is -2.37. The van der Waals surface area contributed by atoms with E-state index in [1.807, 2.05) is 6.07 Å². The van der Waals surface area contributed by atoms with Crippen LogP contribution < -0.4 is 5.32 Å². The van der Waals surface area contributed by atoms with Crippen LogP contribution >= 0.6 is 0 Å². The molecule has 1 aliphatic rings. The standard InChI is InChI=1S/C25H31N3O9S/c1-25(2,3)37-24(30)23(35-17-29)22-14-11-20(15-26-22)28(36-16-18-7-5-4-6-8-18)38(33,34)21-12-9-19(10-13-21)27(31)32/h4-10,12-13,17,20,22-23,26H,11,14-16H2,1-3H3. The van der Waals surface area contributed by atoms with Gasteiger partial charge in [0.05, 0.1) is 28.5 Å². The maximum Gasteiger partial charge on any atom is 0.349 e. The molecule has 1 saturated heterocycles. The van der Waals surface area contributed by atoms with Gasteiger partial charge < -0.3 is 14.8 Å². The van der Waals surface area contributed by atoms with Crippen LogP contribution in [-0.4, -0.2) is 60.6 Å². The van der Waals surface area contributed by atoms with Crippen molar-refractivity contribution in [2.24, 2.45) is 0 Å². The summed E-state index contributed by atoms with van der Waals surface area (Å²) in [6.45, 7) is 5.29. The van der Waals surface area contributed by atoms with Crippen molar-refractivity contribution in [3.8, 4) is 0 Å². The highest BCUT2D eigenvalue weighted by atomic mass is 32.2. The van der Waals surface area contributed by atoms with Crippen molar-refractivity contribution in [2.75, 3.05) is 6.54 Å². The highest BCUT2D eigenvalue weighted by Gasteiger charge is 2.41. The van der Waals surface area contributed by atoms with Crippen LogP contribution in [0.3, 0.4) is 0 Å². The number of nitro benzene ring substituents is 1. The van der Waals surface area contributed by atoms with Crippen LogP contribution in [0.25, 0.3) is 0 Å². The van der Waals surface area contributed by atoms with Crippen LogP contribution in [0.4, 0.5) is 5.69 Å². The average molecular weight is 550 g/mol. The number of hydroxylamine groups is 1. The third-order valence-electron chi connectivity index (χ3n) is 5.71. The number of piperidine rings is 1. The van der Waals surface area contributed by atoms with Crippen molar-refractivity contribution >= 4 is 28.2 Å². The van der Waals surface area contributed by atoms with Gasteiger partial charge >= 0.3 is 5.97 Å². The van der Waals surface area contributed by atoms with Crippen LogP contribution in [0.1, 0.15) is 39.2 Å². The van der Waals surface area contributed by atoms with Crippen molar-refractivity contribution in [1.82, 2.24) is 9.79 Å². The van der Waals surface area contributed by atoms with Crippen LogP contribution in [0.5, 0.6) is 0 Å². The lowest BCUT2D eigenvalue weighted by molar-refractivity contribution is -0.384. The molecule has 0 saturated carbocycles. The molecule has 3 rings (SSSR count). The number of carbonyl (C=O) groups is 2. The van der Waals surface area contributed by atoms with Gasteiger partial charge in [-0.25, -0.2) is 13.2 Å². The van der Waals surface area contributed by atoms with Gasteiger partial charge in [0.15, 0.2) is 0 Å². The van der Waals surface area contributed by atoms with Gasteiger partial charge in [0, 0.05) is 18.7 Å². The van der Waals surface area contributed by atoms with Crippen molar-refractivity contribution in [2.45, 2.75) is 68.9 Å². The molecular formula is C25H31N3O9S. The van der Waals surface area contributed by atoms with Gasteiger partial charge in [-0.15, -0.1) is 0 Å². The number of non-ortho nitro benzene ring substituents is 1. The molecule has 38 heavy (non-hydrogen) atoms. The van der Waals surface area contributed by atoms with Gasteiger partial charge in [-0.3, -0.25) is 19.7 Å². The number of ether oxygens (including phenoxy) is 2. The number of hydrogen-bond donors (Lipinski definition) is 1. The Morgan fingerprint density at radius 3 is 2.34 bits per heavy atom. The predicted octanol–water partition coefficient (Wildman–Crippen LogP) is 2.72. The summed E-state index contributed by atoms with van der Waals surface area (Å²) in [7, 11) is -4.23. The zero-order chi connectivity index (χ0) is 27.9. The third-order valence-corrected chi connectivity index (χ3v) is 7.46. The third kappa shape index (κ3) is 7.57. The fourth-order valence-corrected chi connectivity index (χ4v) is 5.42. The number of nitro groups is 1. The van der Waals surface area contributed by atoms with Gasteiger partial charge in [-0.1, -0.05) is 34.8 Å². The van der Waals surface area contributed by atoms with Gasteiger partial charge in [-0.2, -0.15) is 0 Å². The molecule has 2 aromatic rings. The molecule has 0 aromatic heterocycles. The smallest absolute Gasteiger partial charge is 0.349 e. The van der Waals surface area contributed by atoms with Gasteiger partial charge in [0.25, 0.3) is 22.2 Å². The predicted molar refractivity (Wildman–Crippen MR) is 135 cm³/mol. The van der Waals surface area contributed by atoms with Crippen molar-refractivity contribution < 1.29 is 37.2 Å². The normalized spacial score (nSPS) is 18.9. The zero-order valence-electron chi connectivity index (χ0n) is 21.3. The molecule has 1 N–H and O–H groups in total. The van der Waals surface area contributed by atoms with E-state index in [9.17, 15) is 28.1 Å². The Bertz CT molecular complexity index is 1210. The number of esters is 1. The molecule has 0 aliphatic carbocycles. The first-order valence-electron chi connectivity index (χ1n) is 11.9. The largest absolute Gasteiger partial charge is 0.457 e. The minimum atomic E-state index is -4.23. The molecule has 1 heterocycles. The first-order chi connectivity index (χ1) is 17.9. The zero-order valence-corrected chi connectivity index (χ0v) is 22.1. The lowest BCUT2D eigenvalue weighted by Crippen LogP contribution is -2.56. The molecule has 13 heteroatoms. The summed E-state index contributed by atoms with van der Waals surface area (Å²) in [4.78, 5) is 39.7. The monoisotopic (exact) mass is 549 g/mol. The Labute approximate surface area is 221 Å². The van der Waals surface area contributed by atoms with E-state index in [0.717, 1.165) is 34.3 Å². The Hall–Kier alpha value is -3.39. The highest BCUT2D eigenvalue weighted by Crippen LogP contribution is 2.27. The van der Waals surface area contributed by atoms with Gasteiger partial charge in [-0.05, 0) is 51.3 Å². The molecule has 3 unspecified atom stereocenters. The maximum absolute atomic E-state index is 13.6. The number of benzene rings is 2. The molecule has 0 bridgehead atoms. The van der Waals surface area contributed by atoms with E-state index in [1.165, 1.54) is 0 Å². The highest BCUT2D eigenvalue weighted by molar-refractivity contribution is 7.89. The SMILES string of the molecule is CC(C)(C)OC(=O)C(OC=O)C1CCC(N(OCc2ccccc2)S(=O)(=O)c2ccc([N+](=O)[O-])cc2)CN1. The van der Waals surface area contributed by atoms with Crippen LogP contribution in [0.2, 0.25) is 0 Å². The minimum Gasteiger partial charge on any atom is -0.457 e. The van der Waals surface area contributed by atoms with Crippen molar-refractivity contribution in [3.05, 3.63) is 70.3 Å². The number of nitrogens with zero attached hydrogens (tertiary/aromatic N) is 2. The Morgan fingerprint density at radius 2 is 1.82 bits per heavy atom. The molecule has 3 atom stereocenters. The number of rotatable bonds is 11. The molecule has 1 aliphatic heterocycles. The minimum absolute atomic E-state index is 0.0399. The Balaban J connectivity index is 1.81. The lowest BCUT2D eigenvalue weighted by atomic mass is 9.97. The summed E-state index contributed by atoms with van der Waals surface area (Å²) >= 11 is 0. The summed E-state index contributed by atoms with van der Waals surface area (Å²) in [6, 6.07) is 12.2. The van der Waals surface area contributed by atoms with Gasteiger partial charge in [0.2, 0.25) is 6.10 Å². The Kier molecular flexibility index (Phi) is 9.55. The van der Waals surface area contributed by atoms with E-state index in [1.54, 1.807) is 45.0 Å². The van der Waals surface area contributed by atoms with Gasteiger partial charge in [0.1, 0.15) is 5.60 Å². The molecule has 0 amide bonds. The second-order valence-corrected chi connectivity index (χ2v) is 11.5. The van der Waals surface area contributed by atoms with E-state index >= 15 is 0 Å². The summed E-state index contributed by atoms with van der Waals surface area (Å²) in [5.41, 5.74) is -0.298. The quantitative estimate of drug-likeness (QED) is 0.191. The second-order valence-electron chi connectivity index (χ2n) is 9.70. The summed E-state index contributed by atoms with van der Waals surface area (Å²) < 4.78 is 38.4. The van der Waals surface area contributed by atoms with Crippen LogP contribution in [0, 0.1) is 10.1 Å². The molecular weight excluding hydrogens is 518 g/mol. The molecule has 1 fully saturated rings. The molecule has 0 radical (unpaired) electrons. The van der Waals surface area contributed by atoms with E-state index in [2.05, 4.69) is 5.32 Å². The number of nitrogens with one attached hydrogen (secondary N) is 1. The van der Waals surface area contributed by atoms with E-state index < -0.39 is 44.7 Å². The van der Waals surface area contributed by atoms with Crippen molar-refractivity contribution in [1.29, 1.82) is 0 Å². The maximum atomic E-state index is 13.6. The Morgan fingerprint density at radius 1 is 1.16 bits per heavy atom. The van der Waals surface area contributed by atoms with Crippen molar-refractivity contribution in [3.63, 3.8) is 0 Å². The second kappa shape index (κ2) is 12.4. The number of sulfonamides is 1. The fourth-order valence-electron chi connectivity index (χ4n) is 3.96. The van der Waals surface area contributed by atoms with Crippen LogP contribution in [-0.2, 0) is 40.5 Å². The molecule has 2 aromatic carbocycles. The fraction of sp³-hybridized carbons (Fsp3) is 0.440. The summed E-state index contributed by atoms with van der Waals surface area (Å²) in [5.74, 6) is -0.712. The van der Waals surface area contributed by atoms with E-state index in [-0.39, 0.29) is 43.0 Å². The number of hydrogen-bond acceptors (Lipinski definition) is 10. The first kappa shape index (κ1) is 29.2. The average Bonchev–Trinajstić information content (AvgIpc) is 2.87. The van der Waals surface area contributed by atoms with E-state index in [0.29, 0.717) is 0 Å². The summed E-state index contributed by atoms with van der Waals surface area (Å²) in [5, 5.41) is 14.1. The first-order valence-corrected chi connectivity index (χ1v) is 13.4. The van der Waals surface area contributed by atoms with Crippen LogP contribution in [0.15, 0.2) is 59.5 Å².